The van der Waals surface area contributed by atoms with Crippen LogP contribution in [-0.4, -0.2) is 29.8 Å². The largest absolute Gasteiger partial charge is 0.481 e. The molecule has 1 rings (SSSR count). The lowest BCUT2D eigenvalue weighted by molar-refractivity contribution is -0.159. The summed E-state index contributed by atoms with van der Waals surface area (Å²) in [6, 6.07) is 5.13. The molecule has 0 atom stereocenters. The zero-order valence-electron chi connectivity index (χ0n) is 13.5. The van der Waals surface area contributed by atoms with Gasteiger partial charge in [0, 0.05) is 25.6 Å². The number of rotatable bonds is 5. The molecule has 0 bridgehead atoms. The van der Waals surface area contributed by atoms with Gasteiger partial charge >= 0.3 is 18.1 Å². The molecule has 9 heteroatoms. The lowest BCUT2D eigenvalue weighted by Gasteiger charge is -2.14. The van der Waals surface area contributed by atoms with Crippen molar-refractivity contribution >= 4 is 17.7 Å². The summed E-state index contributed by atoms with van der Waals surface area (Å²) < 4.78 is 29.8. The molecule has 0 aliphatic heterocycles. The van der Waals surface area contributed by atoms with Crippen molar-refractivity contribution in [2.75, 3.05) is 11.9 Å². The van der Waals surface area contributed by atoms with Crippen LogP contribution in [0.2, 0.25) is 0 Å². The van der Waals surface area contributed by atoms with Crippen LogP contribution < -0.4 is 15.4 Å². The predicted molar refractivity (Wildman–Crippen MR) is 83.0 cm³/mol. The quantitative estimate of drug-likeness (QED) is 0.760. The highest BCUT2D eigenvalue weighted by Crippen LogP contribution is 2.27. The van der Waals surface area contributed by atoms with Crippen LogP contribution >= 0.6 is 0 Å². The number of alkyl halides is 2. The third-order valence-corrected chi connectivity index (χ3v) is 2.29. The Morgan fingerprint density at radius 2 is 1.96 bits per heavy atom. The van der Waals surface area contributed by atoms with Gasteiger partial charge < -0.3 is 20.5 Å². The molecule has 0 aromatic heterocycles. The van der Waals surface area contributed by atoms with Crippen LogP contribution in [0.3, 0.4) is 0 Å². The normalized spacial score (nSPS) is 9.83. The first-order valence-corrected chi connectivity index (χ1v) is 7.00. The Bertz CT molecular complexity index is 610. The number of nitrogens with one attached hydrogen (secondary N) is 2. The van der Waals surface area contributed by atoms with E-state index in [2.05, 4.69) is 15.4 Å². The fourth-order valence-corrected chi connectivity index (χ4v) is 1.31. The molecule has 0 fully saturated rings. The molecule has 7 nitrogen and oxygen atoms in total. The minimum atomic E-state index is -3.37. The average Bonchev–Trinajstić information content (AvgIpc) is 2.48. The van der Waals surface area contributed by atoms with Crippen LogP contribution in [0.4, 0.5) is 19.3 Å². The van der Waals surface area contributed by atoms with E-state index in [9.17, 15) is 18.4 Å². The molecule has 24 heavy (non-hydrogen) atoms. The third kappa shape index (κ3) is 9.19. The number of halogens is 2. The summed E-state index contributed by atoms with van der Waals surface area (Å²) in [5.41, 5.74) is 0.227. The first-order chi connectivity index (χ1) is 11.1. The molecule has 0 spiro atoms. The van der Waals surface area contributed by atoms with Gasteiger partial charge in [0.25, 0.3) is 0 Å². The number of amides is 2. The molecule has 0 heterocycles. The summed E-state index contributed by atoms with van der Waals surface area (Å²) in [6.45, 7) is 4.37. The summed E-state index contributed by atoms with van der Waals surface area (Å²) in [5, 5.41) is 21.6. The van der Waals surface area contributed by atoms with Crippen LogP contribution in [0.15, 0.2) is 18.2 Å². The number of hydrogen-bond donors (Lipinski definition) is 3. The van der Waals surface area contributed by atoms with Crippen molar-refractivity contribution < 1.29 is 28.2 Å². The van der Waals surface area contributed by atoms with Crippen molar-refractivity contribution in [3.8, 4) is 11.8 Å². The first-order valence-electron chi connectivity index (χ1n) is 7.00. The van der Waals surface area contributed by atoms with Crippen LogP contribution in [0.25, 0.3) is 0 Å². The highest BCUT2D eigenvalue weighted by atomic mass is 19.3. The molecule has 132 valence electrons. The molecule has 0 saturated heterocycles. The Kier molecular flexibility index (Phi) is 8.79. The number of carboxylic acid groups (broad SMARTS) is 1. The smallest absolute Gasteiger partial charge is 0.394 e. The monoisotopic (exact) mass is 343 g/mol. The Balaban J connectivity index is 0.000000922. The molecular formula is C15H19F2N3O4. The predicted octanol–water partition coefficient (Wildman–Crippen LogP) is 3.17. The molecule has 3 N–H and O–H groups in total. The summed E-state index contributed by atoms with van der Waals surface area (Å²) in [4.78, 5) is 20.6. The minimum absolute atomic E-state index is 0.0872. The highest BCUT2D eigenvalue weighted by Gasteiger charge is 2.24. The fourth-order valence-electron chi connectivity index (χ4n) is 1.31. The Morgan fingerprint density at radius 1 is 1.38 bits per heavy atom. The first kappa shape index (κ1) is 21.1. The zero-order chi connectivity index (χ0) is 18.8. The van der Waals surface area contributed by atoms with Gasteiger partial charge in [-0.05, 0) is 25.1 Å². The van der Waals surface area contributed by atoms with Gasteiger partial charge in [-0.15, -0.1) is 0 Å². The van der Waals surface area contributed by atoms with Crippen LogP contribution in [0.5, 0.6) is 5.75 Å². The molecule has 0 aliphatic rings. The maximum Gasteiger partial charge on any atom is 0.394 e. The van der Waals surface area contributed by atoms with Gasteiger partial charge in [-0.1, -0.05) is 6.92 Å². The van der Waals surface area contributed by atoms with Gasteiger partial charge in [0.2, 0.25) is 0 Å². The number of urea groups is 1. The second-order valence-electron chi connectivity index (χ2n) is 4.46. The van der Waals surface area contributed by atoms with E-state index < -0.39 is 18.1 Å². The second kappa shape index (κ2) is 9.99. The van der Waals surface area contributed by atoms with Crippen molar-refractivity contribution in [2.24, 2.45) is 0 Å². The Morgan fingerprint density at radius 3 is 2.38 bits per heavy atom. The van der Waals surface area contributed by atoms with Crippen molar-refractivity contribution in [2.45, 2.75) is 33.3 Å². The number of carbonyl (C=O) groups is 2. The number of carboxylic acids is 1. The Hall–Kier alpha value is -2.89. The van der Waals surface area contributed by atoms with E-state index in [-0.39, 0.29) is 17.7 Å². The highest BCUT2D eigenvalue weighted by molar-refractivity contribution is 5.89. The number of hydrogen-bond acceptors (Lipinski definition) is 4. The topological polar surface area (TPSA) is 111 Å². The number of carbonyl (C=O) groups excluding carboxylic acids is 1. The molecule has 1 aromatic rings. The van der Waals surface area contributed by atoms with Gasteiger partial charge in [0.05, 0.1) is 5.56 Å². The average molecular weight is 343 g/mol. The van der Waals surface area contributed by atoms with Crippen LogP contribution in [0, 0.1) is 11.3 Å². The molecule has 0 radical (unpaired) electrons. The van der Waals surface area contributed by atoms with Crippen molar-refractivity contribution in [1.29, 1.82) is 5.26 Å². The third-order valence-electron chi connectivity index (χ3n) is 2.29. The molecular weight excluding hydrogens is 324 g/mol. The van der Waals surface area contributed by atoms with Crippen molar-refractivity contribution in [1.82, 2.24) is 5.32 Å². The summed E-state index contributed by atoms with van der Waals surface area (Å²) >= 11 is 0. The molecule has 1 aromatic carbocycles. The number of nitriles is 1. The molecule has 0 aliphatic carbocycles. The van der Waals surface area contributed by atoms with E-state index in [0.717, 1.165) is 0 Å². The van der Waals surface area contributed by atoms with E-state index >= 15 is 0 Å². The van der Waals surface area contributed by atoms with Gasteiger partial charge in [-0.2, -0.15) is 14.0 Å². The summed E-state index contributed by atoms with van der Waals surface area (Å²) in [7, 11) is 0. The standard InChI is InChI=1S/C12H13F2N3O2.C3H6O2/c1-3-16-11(18)17-9-4-5-10(8(6-9)7-15)19-12(2,13)14;1-2-3(4)5/h4-6H,3H2,1-2H3,(H2,16,17,18);2H2,1H3,(H,4,5). The van der Waals surface area contributed by atoms with E-state index in [1.165, 1.54) is 18.2 Å². The molecule has 0 unspecified atom stereocenters. The van der Waals surface area contributed by atoms with E-state index in [0.29, 0.717) is 19.2 Å². The summed E-state index contributed by atoms with van der Waals surface area (Å²) in [6.07, 6.45) is -3.15. The van der Waals surface area contributed by atoms with Gasteiger partial charge in [0.15, 0.2) is 0 Å². The zero-order valence-corrected chi connectivity index (χ0v) is 13.5. The van der Waals surface area contributed by atoms with Crippen molar-refractivity contribution in [3.05, 3.63) is 23.8 Å². The van der Waals surface area contributed by atoms with E-state index in [1.54, 1.807) is 19.9 Å². The number of anilines is 1. The Labute approximate surface area is 138 Å². The van der Waals surface area contributed by atoms with Gasteiger partial charge in [-0.3, -0.25) is 4.79 Å². The number of ether oxygens (including phenoxy) is 1. The lowest BCUT2D eigenvalue weighted by Crippen LogP contribution is -2.28. The number of nitrogens with zero attached hydrogens (tertiary/aromatic N) is 1. The van der Waals surface area contributed by atoms with Crippen molar-refractivity contribution in [3.63, 3.8) is 0 Å². The SMILES string of the molecule is CCC(=O)O.CCNC(=O)Nc1ccc(OC(C)(F)F)c(C#N)c1. The van der Waals surface area contributed by atoms with Crippen LogP contribution in [-0.2, 0) is 4.79 Å². The fraction of sp³-hybridized carbons (Fsp3) is 0.400. The molecule has 0 saturated carbocycles. The van der Waals surface area contributed by atoms with E-state index in [1.807, 2.05) is 0 Å². The van der Waals surface area contributed by atoms with Gasteiger partial charge in [0.1, 0.15) is 11.8 Å². The van der Waals surface area contributed by atoms with Gasteiger partial charge in [-0.25, -0.2) is 4.79 Å². The van der Waals surface area contributed by atoms with Crippen LogP contribution in [0.1, 0.15) is 32.8 Å². The second-order valence-corrected chi connectivity index (χ2v) is 4.46. The van der Waals surface area contributed by atoms with E-state index in [4.69, 9.17) is 10.4 Å². The molecule has 2 amide bonds. The number of benzene rings is 1. The maximum atomic E-state index is 12.7. The minimum Gasteiger partial charge on any atom is -0.481 e. The summed E-state index contributed by atoms with van der Waals surface area (Å²) in [5.74, 6) is -0.985. The lowest BCUT2D eigenvalue weighted by atomic mass is 10.2. The maximum absolute atomic E-state index is 12.7. The number of aliphatic carboxylic acids is 1.